The molecule has 0 bridgehead atoms. The van der Waals surface area contributed by atoms with Crippen LogP contribution in [0.2, 0.25) is 0 Å². The topological polar surface area (TPSA) is 92.6 Å². The highest BCUT2D eigenvalue weighted by molar-refractivity contribution is 9.10. The summed E-state index contributed by atoms with van der Waals surface area (Å²) in [7, 11) is 0. The van der Waals surface area contributed by atoms with Crippen LogP contribution in [-0.4, -0.2) is 22.6 Å². The molecular formula is C19H22BrN5. The SMILES string of the molecule is N/C=C(/C(N)=Nc1ccccc1Br)C(=NC1CCCC1)c1ccc[nH]1. The Hall–Kier alpha value is -2.34. The van der Waals surface area contributed by atoms with Crippen LogP contribution in [0, 0.1) is 0 Å². The molecule has 1 heterocycles. The summed E-state index contributed by atoms with van der Waals surface area (Å²) in [6, 6.07) is 11.9. The smallest absolute Gasteiger partial charge is 0.135 e. The molecule has 1 aliphatic carbocycles. The first-order valence-corrected chi connectivity index (χ1v) is 9.21. The minimum Gasteiger partial charge on any atom is -0.404 e. The zero-order valence-electron chi connectivity index (χ0n) is 14.0. The minimum absolute atomic E-state index is 0.310. The summed E-state index contributed by atoms with van der Waals surface area (Å²) in [5.74, 6) is 0.348. The minimum atomic E-state index is 0.310. The average molecular weight is 400 g/mol. The highest BCUT2D eigenvalue weighted by Crippen LogP contribution is 2.26. The molecule has 1 fully saturated rings. The number of nitrogens with one attached hydrogen (secondary N) is 1. The number of aliphatic imine (C=N–C) groups is 2. The van der Waals surface area contributed by atoms with Gasteiger partial charge in [-0.3, -0.25) is 4.99 Å². The lowest BCUT2D eigenvalue weighted by molar-refractivity contribution is 0.707. The van der Waals surface area contributed by atoms with Gasteiger partial charge in [0.15, 0.2) is 0 Å². The third kappa shape index (κ3) is 4.20. The number of aromatic nitrogens is 1. The second-order valence-corrected chi connectivity index (χ2v) is 6.88. The number of hydrogen-bond donors (Lipinski definition) is 3. The molecule has 2 aromatic rings. The Morgan fingerprint density at radius 3 is 2.56 bits per heavy atom. The first-order chi connectivity index (χ1) is 12.2. The summed E-state index contributed by atoms with van der Waals surface area (Å²) in [4.78, 5) is 12.7. The lowest BCUT2D eigenvalue weighted by Crippen LogP contribution is -2.24. The first-order valence-electron chi connectivity index (χ1n) is 8.42. The molecule has 1 aromatic heterocycles. The van der Waals surface area contributed by atoms with Crippen molar-refractivity contribution in [1.82, 2.24) is 4.98 Å². The van der Waals surface area contributed by atoms with Crippen LogP contribution in [0.1, 0.15) is 31.4 Å². The van der Waals surface area contributed by atoms with Crippen LogP contribution in [0.4, 0.5) is 5.69 Å². The Bertz CT molecular complexity index is 799. The number of nitrogens with zero attached hydrogens (tertiary/aromatic N) is 2. The van der Waals surface area contributed by atoms with E-state index in [0.29, 0.717) is 17.5 Å². The molecule has 0 unspecified atom stereocenters. The van der Waals surface area contributed by atoms with Crippen molar-refractivity contribution >= 4 is 33.2 Å². The zero-order chi connectivity index (χ0) is 17.6. The molecule has 0 atom stereocenters. The highest BCUT2D eigenvalue weighted by Gasteiger charge is 2.20. The number of hydrogen-bond acceptors (Lipinski definition) is 3. The van der Waals surface area contributed by atoms with Gasteiger partial charge in [-0.2, -0.15) is 0 Å². The van der Waals surface area contributed by atoms with E-state index in [1.165, 1.54) is 19.0 Å². The van der Waals surface area contributed by atoms with Crippen LogP contribution in [0.5, 0.6) is 0 Å². The van der Waals surface area contributed by atoms with Crippen LogP contribution >= 0.6 is 15.9 Å². The molecule has 1 aromatic carbocycles. The Morgan fingerprint density at radius 1 is 1.16 bits per heavy atom. The van der Waals surface area contributed by atoms with Gasteiger partial charge in [0.25, 0.3) is 0 Å². The van der Waals surface area contributed by atoms with Crippen molar-refractivity contribution in [3.63, 3.8) is 0 Å². The fourth-order valence-electron chi connectivity index (χ4n) is 3.00. The Balaban J connectivity index is 1.99. The van der Waals surface area contributed by atoms with Gasteiger partial charge >= 0.3 is 0 Å². The van der Waals surface area contributed by atoms with E-state index in [-0.39, 0.29) is 0 Å². The molecule has 5 N–H and O–H groups in total. The monoisotopic (exact) mass is 399 g/mol. The summed E-state index contributed by atoms with van der Waals surface area (Å²) in [6.07, 6.45) is 7.99. The largest absolute Gasteiger partial charge is 0.404 e. The van der Waals surface area contributed by atoms with Crippen LogP contribution in [0.15, 0.2) is 68.8 Å². The van der Waals surface area contributed by atoms with Gasteiger partial charge in [-0.05, 0) is 53.0 Å². The van der Waals surface area contributed by atoms with E-state index >= 15 is 0 Å². The van der Waals surface area contributed by atoms with Gasteiger partial charge in [-0.15, -0.1) is 0 Å². The maximum absolute atomic E-state index is 6.30. The van der Waals surface area contributed by atoms with Crippen molar-refractivity contribution in [2.24, 2.45) is 21.5 Å². The van der Waals surface area contributed by atoms with E-state index in [4.69, 9.17) is 16.5 Å². The second-order valence-electron chi connectivity index (χ2n) is 6.03. The molecule has 130 valence electrons. The number of rotatable bonds is 5. The molecule has 3 rings (SSSR count). The van der Waals surface area contributed by atoms with Crippen LogP contribution in [0.25, 0.3) is 0 Å². The van der Waals surface area contributed by atoms with E-state index in [1.807, 2.05) is 42.6 Å². The van der Waals surface area contributed by atoms with E-state index < -0.39 is 0 Å². The number of nitrogens with two attached hydrogens (primary N) is 2. The van der Waals surface area contributed by atoms with Crippen LogP contribution < -0.4 is 11.5 Å². The molecular weight excluding hydrogens is 378 g/mol. The van der Waals surface area contributed by atoms with Gasteiger partial charge in [0, 0.05) is 16.9 Å². The summed E-state index contributed by atoms with van der Waals surface area (Å²) in [5.41, 5.74) is 15.3. The molecule has 6 heteroatoms. The predicted octanol–water partition coefficient (Wildman–Crippen LogP) is 4.04. The molecule has 0 radical (unpaired) electrons. The van der Waals surface area contributed by atoms with E-state index in [2.05, 4.69) is 25.9 Å². The van der Waals surface area contributed by atoms with Gasteiger partial charge in [0.1, 0.15) is 5.84 Å². The maximum Gasteiger partial charge on any atom is 0.135 e. The summed E-state index contributed by atoms with van der Waals surface area (Å²) in [6.45, 7) is 0. The first kappa shape index (κ1) is 17.5. The number of aromatic amines is 1. The molecule has 0 aliphatic heterocycles. The van der Waals surface area contributed by atoms with E-state index in [1.54, 1.807) is 0 Å². The number of amidine groups is 1. The van der Waals surface area contributed by atoms with Crippen molar-refractivity contribution in [3.05, 3.63) is 64.5 Å². The van der Waals surface area contributed by atoms with Crippen molar-refractivity contribution < 1.29 is 0 Å². The summed E-state index contributed by atoms with van der Waals surface area (Å²) >= 11 is 3.49. The lowest BCUT2D eigenvalue weighted by atomic mass is 10.1. The predicted molar refractivity (Wildman–Crippen MR) is 107 cm³/mol. The molecule has 1 aliphatic rings. The molecule has 0 spiro atoms. The van der Waals surface area contributed by atoms with Gasteiger partial charge in [0.2, 0.25) is 0 Å². The van der Waals surface area contributed by atoms with Crippen molar-refractivity contribution in [2.45, 2.75) is 31.7 Å². The number of halogens is 1. The molecule has 5 nitrogen and oxygen atoms in total. The third-order valence-corrected chi connectivity index (χ3v) is 4.95. The van der Waals surface area contributed by atoms with Crippen molar-refractivity contribution in [1.29, 1.82) is 0 Å². The maximum atomic E-state index is 6.30. The quantitative estimate of drug-likeness (QED) is 0.522. The van der Waals surface area contributed by atoms with Crippen LogP contribution in [-0.2, 0) is 0 Å². The fraction of sp³-hybridized carbons (Fsp3) is 0.263. The highest BCUT2D eigenvalue weighted by atomic mass is 79.9. The zero-order valence-corrected chi connectivity index (χ0v) is 15.5. The summed E-state index contributed by atoms with van der Waals surface area (Å²) in [5, 5.41) is 0. The van der Waals surface area contributed by atoms with E-state index in [0.717, 1.165) is 34.4 Å². The molecule has 25 heavy (non-hydrogen) atoms. The Labute approximate surface area is 156 Å². The standard InChI is InChI=1S/C19H22BrN5/c20-15-8-3-4-9-16(15)25-19(22)14(12-21)18(17-10-5-11-23-17)24-13-6-1-2-7-13/h3-5,8-13,23H,1-2,6-7,21H2,(H2,22,25)/b14-12+,24-18?. The number of H-pyrrole nitrogens is 1. The molecule has 0 saturated heterocycles. The third-order valence-electron chi connectivity index (χ3n) is 4.28. The van der Waals surface area contributed by atoms with Gasteiger partial charge < -0.3 is 16.5 Å². The van der Waals surface area contributed by atoms with Crippen molar-refractivity contribution in [2.75, 3.05) is 0 Å². The Morgan fingerprint density at radius 2 is 1.92 bits per heavy atom. The molecule has 0 amide bonds. The van der Waals surface area contributed by atoms with E-state index in [9.17, 15) is 0 Å². The van der Waals surface area contributed by atoms with Gasteiger partial charge in [-0.1, -0.05) is 25.0 Å². The fourth-order valence-corrected chi connectivity index (χ4v) is 3.37. The van der Waals surface area contributed by atoms with Crippen LogP contribution in [0.3, 0.4) is 0 Å². The summed E-state index contributed by atoms with van der Waals surface area (Å²) < 4.78 is 0.878. The Kier molecular flexibility index (Phi) is 5.71. The average Bonchev–Trinajstić information content (AvgIpc) is 3.30. The van der Waals surface area contributed by atoms with Gasteiger partial charge in [0.05, 0.1) is 28.7 Å². The molecule has 1 saturated carbocycles. The number of benzene rings is 1. The number of para-hydroxylation sites is 1. The van der Waals surface area contributed by atoms with Gasteiger partial charge in [-0.25, -0.2) is 4.99 Å². The normalized spacial score (nSPS) is 17.2. The lowest BCUT2D eigenvalue weighted by Gasteiger charge is -2.13. The second kappa shape index (κ2) is 8.16. The van der Waals surface area contributed by atoms with Crippen molar-refractivity contribution in [3.8, 4) is 0 Å².